The number of amides is 1. The first-order chi connectivity index (χ1) is 12.7. The Morgan fingerprint density at radius 2 is 1.81 bits per heavy atom. The quantitative estimate of drug-likeness (QED) is 0.712. The molecule has 0 aliphatic heterocycles. The zero-order valence-corrected chi connectivity index (χ0v) is 17.6. The van der Waals surface area contributed by atoms with Crippen molar-refractivity contribution in [3.63, 3.8) is 0 Å². The highest BCUT2D eigenvalue weighted by atomic mass is 32.2. The van der Waals surface area contributed by atoms with Crippen LogP contribution in [0.3, 0.4) is 0 Å². The fraction of sp³-hybridized carbons (Fsp3) is 0.316. The minimum Gasteiger partial charge on any atom is -0.496 e. The van der Waals surface area contributed by atoms with Crippen molar-refractivity contribution in [2.24, 2.45) is 0 Å². The van der Waals surface area contributed by atoms with Gasteiger partial charge in [-0.05, 0) is 49.1 Å². The second-order valence-electron chi connectivity index (χ2n) is 6.08. The number of benzene rings is 2. The molecule has 0 saturated carbocycles. The number of rotatable bonds is 7. The summed E-state index contributed by atoms with van der Waals surface area (Å²) in [6.07, 6.45) is 3.12. The fourth-order valence-corrected chi connectivity index (χ4v) is 3.42. The summed E-state index contributed by atoms with van der Waals surface area (Å²) in [6.45, 7) is 1.89. The van der Waals surface area contributed by atoms with Gasteiger partial charge in [0.25, 0.3) is 5.91 Å². The molecule has 2 aromatic carbocycles. The first-order valence-electron chi connectivity index (χ1n) is 8.24. The van der Waals surface area contributed by atoms with E-state index in [4.69, 9.17) is 4.74 Å². The van der Waals surface area contributed by atoms with Gasteiger partial charge in [0.05, 0.1) is 30.7 Å². The van der Waals surface area contributed by atoms with E-state index in [0.717, 1.165) is 21.0 Å². The SMILES string of the molecule is COc1ccc(N(C)S(C)(=O)=O)cc1C(=O)NC(C)c1ccc(SC)cc1. The molecule has 1 unspecified atom stereocenters. The largest absolute Gasteiger partial charge is 0.496 e. The van der Waals surface area contributed by atoms with E-state index in [0.29, 0.717) is 11.4 Å². The summed E-state index contributed by atoms with van der Waals surface area (Å²) in [5.74, 6) is 0.0418. The molecule has 6 nitrogen and oxygen atoms in total. The number of carbonyl (C=O) groups excluding carboxylic acids is 1. The fourth-order valence-electron chi connectivity index (χ4n) is 2.51. The van der Waals surface area contributed by atoms with Crippen molar-refractivity contribution in [1.29, 1.82) is 0 Å². The summed E-state index contributed by atoms with van der Waals surface area (Å²) in [6, 6.07) is 12.4. The molecule has 0 spiro atoms. The maximum Gasteiger partial charge on any atom is 0.255 e. The van der Waals surface area contributed by atoms with Gasteiger partial charge in [-0.25, -0.2) is 8.42 Å². The number of sulfonamides is 1. The highest BCUT2D eigenvalue weighted by Gasteiger charge is 2.19. The standard InChI is InChI=1S/C19H24N2O4S2/c1-13(14-6-9-16(26-4)10-7-14)20-19(22)17-12-15(8-11-18(17)25-3)21(2)27(5,23)24/h6-13H,1-5H3,(H,20,22). The van der Waals surface area contributed by atoms with E-state index in [9.17, 15) is 13.2 Å². The number of nitrogens with zero attached hydrogens (tertiary/aromatic N) is 1. The average molecular weight is 409 g/mol. The van der Waals surface area contributed by atoms with Gasteiger partial charge in [0.15, 0.2) is 0 Å². The van der Waals surface area contributed by atoms with E-state index >= 15 is 0 Å². The lowest BCUT2D eigenvalue weighted by Crippen LogP contribution is -2.28. The molecule has 0 saturated heterocycles. The van der Waals surface area contributed by atoms with Gasteiger partial charge in [0, 0.05) is 11.9 Å². The zero-order chi connectivity index (χ0) is 20.2. The summed E-state index contributed by atoms with van der Waals surface area (Å²) in [5, 5.41) is 2.94. The Morgan fingerprint density at radius 3 is 2.33 bits per heavy atom. The van der Waals surface area contributed by atoms with Crippen LogP contribution in [-0.4, -0.2) is 41.0 Å². The summed E-state index contributed by atoms with van der Waals surface area (Å²) >= 11 is 1.65. The van der Waals surface area contributed by atoms with Crippen molar-refractivity contribution < 1.29 is 17.9 Å². The molecule has 146 valence electrons. The third kappa shape index (κ3) is 5.17. The molecule has 1 amide bonds. The molecule has 0 aromatic heterocycles. The van der Waals surface area contributed by atoms with Crippen LogP contribution >= 0.6 is 11.8 Å². The van der Waals surface area contributed by atoms with Crippen LogP contribution in [0.25, 0.3) is 0 Å². The van der Waals surface area contributed by atoms with Crippen molar-refractivity contribution in [3.05, 3.63) is 53.6 Å². The van der Waals surface area contributed by atoms with Crippen molar-refractivity contribution in [2.45, 2.75) is 17.9 Å². The Labute approximate surface area is 165 Å². The molecule has 0 bridgehead atoms. The van der Waals surface area contributed by atoms with E-state index in [1.807, 2.05) is 37.4 Å². The van der Waals surface area contributed by atoms with Crippen molar-refractivity contribution in [1.82, 2.24) is 5.32 Å². The van der Waals surface area contributed by atoms with Gasteiger partial charge in [-0.1, -0.05) is 12.1 Å². The van der Waals surface area contributed by atoms with E-state index in [2.05, 4.69) is 5.32 Å². The Hall–Kier alpha value is -2.19. The average Bonchev–Trinajstić information content (AvgIpc) is 2.66. The van der Waals surface area contributed by atoms with Crippen LogP contribution < -0.4 is 14.4 Å². The first-order valence-corrected chi connectivity index (χ1v) is 11.3. The second-order valence-corrected chi connectivity index (χ2v) is 8.98. The molecule has 0 aliphatic rings. The molecular formula is C19H24N2O4S2. The van der Waals surface area contributed by atoms with Crippen LogP contribution in [-0.2, 0) is 10.0 Å². The van der Waals surface area contributed by atoms with Gasteiger partial charge in [-0.3, -0.25) is 9.10 Å². The van der Waals surface area contributed by atoms with E-state index in [1.54, 1.807) is 23.9 Å². The lowest BCUT2D eigenvalue weighted by atomic mass is 10.1. The molecule has 0 radical (unpaired) electrons. The van der Waals surface area contributed by atoms with Gasteiger partial charge < -0.3 is 10.1 Å². The number of methoxy groups -OCH3 is 1. The van der Waals surface area contributed by atoms with Gasteiger partial charge in [-0.2, -0.15) is 0 Å². The van der Waals surface area contributed by atoms with Crippen LogP contribution in [0.5, 0.6) is 5.75 Å². The summed E-state index contributed by atoms with van der Waals surface area (Å²) in [4.78, 5) is 13.9. The minimum absolute atomic E-state index is 0.214. The van der Waals surface area contributed by atoms with E-state index < -0.39 is 10.0 Å². The number of thioether (sulfide) groups is 1. The maximum atomic E-state index is 12.8. The molecule has 0 fully saturated rings. The third-order valence-electron chi connectivity index (χ3n) is 4.25. The molecule has 0 heterocycles. The summed E-state index contributed by atoms with van der Waals surface area (Å²) in [7, 11) is -0.524. The molecule has 1 atom stereocenters. The van der Waals surface area contributed by atoms with E-state index in [1.165, 1.54) is 20.2 Å². The zero-order valence-electron chi connectivity index (χ0n) is 16.0. The first kappa shape index (κ1) is 21.1. The van der Waals surface area contributed by atoms with Crippen molar-refractivity contribution >= 4 is 33.4 Å². The van der Waals surface area contributed by atoms with Crippen molar-refractivity contribution in [2.75, 3.05) is 31.0 Å². The normalized spacial score (nSPS) is 12.3. The maximum absolute atomic E-state index is 12.8. The number of anilines is 1. The van der Waals surface area contributed by atoms with Crippen LogP contribution in [0, 0.1) is 0 Å². The minimum atomic E-state index is -3.43. The van der Waals surface area contributed by atoms with Crippen LogP contribution in [0.1, 0.15) is 28.9 Å². The number of ether oxygens (including phenoxy) is 1. The Bertz CT molecular complexity index is 912. The van der Waals surface area contributed by atoms with Crippen LogP contribution in [0.2, 0.25) is 0 Å². The Morgan fingerprint density at radius 1 is 1.19 bits per heavy atom. The highest BCUT2D eigenvalue weighted by molar-refractivity contribution is 7.98. The molecule has 1 N–H and O–H groups in total. The third-order valence-corrected chi connectivity index (χ3v) is 6.20. The molecular weight excluding hydrogens is 384 g/mol. The summed E-state index contributed by atoms with van der Waals surface area (Å²) < 4.78 is 29.9. The number of carbonyl (C=O) groups is 1. The van der Waals surface area contributed by atoms with E-state index in [-0.39, 0.29) is 17.5 Å². The highest BCUT2D eigenvalue weighted by Crippen LogP contribution is 2.27. The summed E-state index contributed by atoms with van der Waals surface area (Å²) in [5.41, 5.74) is 1.64. The molecule has 8 heteroatoms. The predicted molar refractivity (Wildman–Crippen MR) is 110 cm³/mol. The Kier molecular flexibility index (Phi) is 6.78. The number of nitrogens with one attached hydrogen (secondary N) is 1. The topological polar surface area (TPSA) is 75.7 Å². The molecule has 2 rings (SSSR count). The predicted octanol–water partition coefficient (Wildman–Crippen LogP) is 3.30. The van der Waals surface area contributed by atoms with Gasteiger partial charge in [0.2, 0.25) is 10.0 Å². The van der Waals surface area contributed by atoms with Crippen LogP contribution in [0.15, 0.2) is 47.4 Å². The molecule has 2 aromatic rings. The lowest BCUT2D eigenvalue weighted by molar-refractivity contribution is 0.0937. The van der Waals surface area contributed by atoms with Gasteiger partial charge in [-0.15, -0.1) is 11.8 Å². The monoisotopic (exact) mass is 408 g/mol. The number of hydrogen-bond acceptors (Lipinski definition) is 5. The second kappa shape index (κ2) is 8.67. The van der Waals surface area contributed by atoms with Gasteiger partial charge in [0.1, 0.15) is 5.75 Å². The Balaban J connectivity index is 2.27. The lowest BCUT2D eigenvalue weighted by Gasteiger charge is -2.20. The smallest absolute Gasteiger partial charge is 0.255 e. The van der Waals surface area contributed by atoms with Crippen LogP contribution in [0.4, 0.5) is 5.69 Å². The van der Waals surface area contributed by atoms with Gasteiger partial charge >= 0.3 is 0 Å². The molecule has 27 heavy (non-hydrogen) atoms. The van der Waals surface area contributed by atoms with Crippen molar-refractivity contribution in [3.8, 4) is 5.75 Å². The number of hydrogen-bond donors (Lipinski definition) is 1. The molecule has 0 aliphatic carbocycles.